The summed E-state index contributed by atoms with van der Waals surface area (Å²) in [6.07, 6.45) is 5.82. The topological polar surface area (TPSA) is 61.8 Å². The van der Waals surface area contributed by atoms with Crippen LogP contribution in [0.15, 0.2) is 36.4 Å². The normalized spacial score (nSPS) is 38.5. The highest BCUT2D eigenvalue weighted by atomic mass is 16.6. The smallest absolute Gasteiger partial charge is 0.331 e. The molecule has 1 aromatic carbocycles. The number of rotatable bonds is 4. The van der Waals surface area contributed by atoms with Gasteiger partial charge in [0.2, 0.25) is 0 Å². The molecule has 168 valence electrons. The van der Waals surface area contributed by atoms with E-state index in [4.69, 9.17) is 14.2 Å². The molecule has 0 aromatic heterocycles. The Labute approximate surface area is 185 Å². The molecule has 0 N–H and O–H groups in total. The van der Waals surface area contributed by atoms with Gasteiger partial charge < -0.3 is 14.2 Å². The summed E-state index contributed by atoms with van der Waals surface area (Å²) in [7, 11) is 0. The van der Waals surface area contributed by atoms with E-state index in [1.807, 2.05) is 30.3 Å². The van der Waals surface area contributed by atoms with Crippen molar-refractivity contribution in [3.63, 3.8) is 0 Å². The van der Waals surface area contributed by atoms with Crippen LogP contribution in [0.5, 0.6) is 0 Å². The molecule has 3 aliphatic rings. The van der Waals surface area contributed by atoms with Gasteiger partial charge in [-0.05, 0) is 69.9 Å². The Morgan fingerprint density at radius 3 is 2.45 bits per heavy atom. The lowest BCUT2D eigenvalue weighted by Crippen LogP contribution is -2.67. The van der Waals surface area contributed by atoms with Crippen molar-refractivity contribution >= 4 is 18.0 Å². The van der Waals surface area contributed by atoms with Crippen molar-refractivity contribution in [3.8, 4) is 0 Å². The second-order valence-electron chi connectivity index (χ2n) is 10.3. The number of hydrogen-bond donors (Lipinski definition) is 0. The highest BCUT2D eigenvalue weighted by molar-refractivity contribution is 5.87. The van der Waals surface area contributed by atoms with Crippen LogP contribution in [-0.2, 0) is 23.8 Å². The summed E-state index contributed by atoms with van der Waals surface area (Å²) in [6, 6.07) is 9.69. The number of fused-ring (bicyclic) bond motifs is 1. The molecular formula is C26H34O5. The van der Waals surface area contributed by atoms with Gasteiger partial charge in [-0.2, -0.15) is 0 Å². The van der Waals surface area contributed by atoms with Crippen LogP contribution in [0.1, 0.15) is 65.9 Å². The predicted octanol–water partition coefficient (Wildman–Crippen LogP) is 4.94. The van der Waals surface area contributed by atoms with E-state index in [0.29, 0.717) is 6.42 Å². The van der Waals surface area contributed by atoms with Crippen LogP contribution in [-0.4, -0.2) is 35.3 Å². The van der Waals surface area contributed by atoms with E-state index >= 15 is 0 Å². The number of esters is 2. The first-order chi connectivity index (χ1) is 14.6. The third kappa shape index (κ3) is 3.61. The first kappa shape index (κ1) is 22.1. The van der Waals surface area contributed by atoms with Gasteiger partial charge in [-0.25, -0.2) is 4.79 Å². The minimum absolute atomic E-state index is 0.287. The van der Waals surface area contributed by atoms with Crippen molar-refractivity contribution in [2.24, 2.45) is 17.3 Å². The SMILES string of the molecule is CC(=O)OC1CCC(C)C23CC(CC(OC(=O)C=Cc4ccccc4)C12C)C(C)(C)O3. The quantitative estimate of drug-likeness (QED) is 0.504. The number of carbonyl (C=O) groups excluding carboxylic acids is 2. The van der Waals surface area contributed by atoms with Crippen molar-refractivity contribution in [2.75, 3.05) is 0 Å². The van der Waals surface area contributed by atoms with Crippen molar-refractivity contribution in [1.29, 1.82) is 0 Å². The van der Waals surface area contributed by atoms with Gasteiger partial charge in [0, 0.05) is 13.0 Å². The molecule has 0 radical (unpaired) electrons. The molecule has 6 unspecified atom stereocenters. The van der Waals surface area contributed by atoms with Gasteiger partial charge in [0.1, 0.15) is 12.2 Å². The molecule has 2 saturated carbocycles. The summed E-state index contributed by atoms with van der Waals surface area (Å²) in [6.45, 7) is 10.0. The maximum absolute atomic E-state index is 12.8. The molecule has 2 bridgehead atoms. The monoisotopic (exact) mass is 426 g/mol. The maximum atomic E-state index is 12.8. The lowest BCUT2D eigenvalue weighted by molar-refractivity contribution is -0.261. The number of ether oxygens (including phenoxy) is 3. The third-order valence-corrected chi connectivity index (χ3v) is 8.16. The minimum atomic E-state index is -0.600. The summed E-state index contributed by atoms with van der Waals surface area (Å²) in [5.74, 6) is -0.0987. The fraction of sp³-hybridized carbons (Fsp3) is 0.615. The summed E-state index contributed by atoms with van der Waals surface area (Å²) < 4.78 is 18.8. The summed E-state index contributed by atoms with van der Waals surface area (Å²) >= 11 is 0. The average molecular weight is 427 g/mol. The maximum Gasteiger partial charge on any atom is 0.331 e. The van der Waals surface area contributed by atoms with E-state index < -0.39 is 11.0 Å². The molecule has 1 spiro atoms. The van der Waals surface area contributed by atoms with Crippen LogP contribution < -0.4 is 0 Å². The van der Waals surface area contributed by atoms with Gasteiger partial charge in [0.25, 0.3) is 0 Å². The molecule has 1 aromatic rings. The number of benzene rings is 1. The zero-order valence-electron chi connectivity index (χ0n) is 19.2. The zero-order chi connectivity index (χ0) is 22.4. The molecule has 2 aliphatic carbocycles. The Bertz CT molecular complexity index is 875. The second-order valence-corrected chi connectivity index (χ2v) is 10.3. The van der Waals surface area contributed by atoms with Crippen LogP contribution >= 0.6 is 0 Å². The Hall–Kier alpha value is -2.14. The van der Waals surface area contributed by atoms with Crippen LogP contribution in [0.4, 0.5) is 0 Å². The van der Waals surface area contributed by atoms with E-state index in [9.17, 15) is 9.59 Å². The molecule has 5 heteroatoms. The lowest BCUT2D eigenvalue weighted by Gasteiger charge is -2.60. The van der Waals surface area contributed by atoms with E-state index in [0.717, 1.165) is 24.8 Å². The van der Waals surface area contributed by atoms with Crippen LogP contribution in [0.25, 0.3) is 6.08 Å². The van der Waals surface area contributed by atoms with Gasteiger partial charge in [-0.3, -0.25) is 4.79 Å². The standard InChI is InChI=1S/C26H34O5/c1-17-11-13-21(29-18(2)27)25(5)22(15-20-16-26(17,25)31-24(20,3)4)30-23(28)14-12-19-9-7-6-8-10-19/h6-10,12,14,17,20-22H,11,13,15-16H2,1-5H3. The highest BCUT2D eigenvalue weighted by Gasteiger charge is 2.73. The first-order valence-corrected chi connectivity index (χ1v) is 11.4. The summed E-state index contributed by atoms with van der Waals surface area (Å²) in [5, 5.41) is 0. The van der Waals surface area contributed by atoms with Crippen molar-refractivity contribution in [1.82, 2.24) is 0 Å². The molecule has 6 atom stereocenters. The fourth-order valence-corrected chi connectivity index (χ4v) is 6.39. The lowest BCUT2D eigenvalue weighted by atomic mass is 9.50. The van der Waals surface area contributed by atoms with Crippen LogP contribution in [0, 0.1) is 17.3 Å². The summed E-state index contributed by atoms with van der Waals surface area (Å²) in [4.78, 5) is 24.8. The van der Waals surface area contributed by atoms with Crippen LogP contribution in [0.2, 0.25) is 0 Å². The van der Waals surface area contributed by atoms with Crippen molar-refractivity contribution < 1.29 is 23.8 Å². The Morgan fingerprint density at radius 1 is 1.06 bits per heavy atom. The molecule has 0 amide bonds. The van der Waals surface area contributed by atoms with Gasteiger partial charge in [0.15, 0.2) is 0 Å². The Kier molecular flexibility index (Phi) is 5.53. The first-order valence-electron chi connectivity index (χ1n) is 11.4. The van der Waals surface area contributed by atoms with Gasteiger partial charge >= 0.3 is 11.9 Å². The van der Waals surface area contributed by atoms with Gasteiger partial charge in [-0.1, -0.05) is 37.3 Å². The molecular weight excluding hydrogens is 392 g/mol. The zero-order valence-corrected chi connectivity index (χ0v) is 19.2. The molecule has 3 fully saturated rings. The van der Waals surface area contributed by atoms with E-state index in [1.165, 1.54) is 13.0 Å². The third-order valence-electron chi connectivity index (χ3n) is 8.16. The average Bonchev–Trinajstić information content (AvgIpc) is 2.95. The van der Waals surface area contributed by atoms with E-state index in [-0.39, 0.29) is 41.6 Å². The molecule has 1 saturated heterocycles. The molecule has 1 aliphatic heterocycles. The Balaban J connectivity index is 1.66. The largest absolute Gasteiger partial charge is 0.462 e. The molecule has 4 rings (SSSR count). The van der Waals surface area contributed by atoms with Gasteiger partial charge in [-0.15, -0.1) is 0 Å². The van der Waals surface area contributed by atoms with Crippen molar-refractivity contribution in [3.05, 3.63) is 42.0 Å². The Morgan fingerprint density at radius 2 is 1.77 bits per heavy atom. The predicted molar refractivity (Wildman–Crippen MR) is 118 cm³/mol. The fourth-order valence-electron chi connectivity index (χ4n) is 6.39. The number of hydrogen-bond acceptors (Lipinski definition) is 5. The minimum Gasteiger partial charge on any atom is -0.462 e. The van der Waals surface area contributed by atoms with E-state index in [2.05, 4.69) is 27.7 Å². The highest BCUT2D eigenvalue weighted by Crippen LogP contribution is 2.66. The van der Waals surface area contributed by atoms with E-state index in [1.54, 1.807) is 6.08 Å². The number of carbonyl (C=O) groups is 2. The summed E-state index contributed by atoms with van der Waals surface area (Å²) in [5.41, 5.74) is -0.448. The molecule has 1 heterocycles. The van der Waals surface area contributed by atoms with Gasteiger partial charge in [0.05, 0.1) is 16.6 Å². The second kappa shape index (κ2) is 7.77. The molecule has 5 nitrogen and oxygen atoms in total. The van der Waals surface area contributed by atoms with Crippen molar-refractivity contribution in [2.45, 2.75) is 83.7 Å². The van der Waals surface area contributed by atoms with Crippen LogP contribution in [0.3, 0.4) is 0 Å². The molecule has 31 heavy (non-hydrogen) atoms.